The predicted molar refractivity (Wildman–Crippen MR) is 122 cm³/mol. The van der Waals surface area contributed by atoms with Crippen molar-refractivity contribution in [2.75, 3.05) is 5.32 Å². The summed E-state index contributed by atoms with van der Waals surface area (Å²) in [4.78, 5) is 51.3. The zero-order chi connectivity index (χ0) is 22.8. The van der Waals surface area contributed by atoms with Crippen LogP contribution in [0.1, 0.15) is 12.5 Å². The van der Waals surface area contributed by atoms with Crippen LogP contribution in [-0.2, 0) is 17.9 Å². The number of halogens is 1. The first-order chi connectivity index (χ1) is 15.4. The lowest BCUT2D eigenvalue weighted by atomic mass is 10.2. The zero-order valence-electron chi connectivity index (χ0n) is 17.4. The van der Waals surface area contributed by atoms with Gasteiger partial charge < -0.3 is 5.32 Å². The van der Waals surface area contributed by atoms with Crippen LogP contribution in [0.4, 0.5) is 5.82 Å². The maximum absolute atomic E-state index is 13.0. The number of aryl methyl sites for hydroxylation is 2. The molecule has 3 heterocycles. The topological polar surface area (TPSA) is 112 Å². The smallest absolute Gasteiger partial charge is 0.309 e. The lowest BCUT2D eigenvalue weighted by Crippen LogP contribution is -2.43. The summed E-state index contributed by atoms with van der Waals surface area (Å²) in [6, 6.07) is 10.4. The monoisotopic (exact) mass is 450 g/mol. The first-order valence-electron chi connectivity index (χ1n) is 9.86. The molecule has 0 atom stereocenters. The Morgan fingerprint density at radius 1 is 1.03 bits per heavy atom. The van der Waals surface area contributed by atoms with Crippen LogP contribution in [0.3, 0.4) is 0 Å². The average Bonchev–Trinajstić information content (AvgIpc) is 2.79. The molecular weight excluding hydrogens is 432 g/mol. The third-order valence-corrected chi connectivity index (χ3v) is 5.11. The third-order valence-electron chi connectivity index (χ3n) is 4.86. The van der Waals surface area contributed by atoms with Crippen LogP contribution in [0.15, 0.2) is 58.4 Å². The predicted octanol–water partition coefficient (Wildman–Crippen LogP) is 2.64. The minimum atomic E-state index is -0.635. The normalized spacial score (nSPS) is 11.0. The molecule has 9 nitrogen and oxygen atoms in total. The minimum absolute atomic E-state index is 0.144. The fourth-order valence-corrected chi connectivity index (χ4v) is 3.35. The van der Waals surface area contributed by atoms with E-state index in [0.29, 0.717) is 22.2 Å². The van der Waals surface area contributed by atoms with Crippen LogP contribution in [0.5, 0.6) is 0 Å². The average molecular weight is 451 g/mol. The highest BCUT2D eigenvalue weighted by Gasteiger charge is 2.17. The fourth-order valence-electron chi connectivity index (χ4n) is 3.23. The van der Waals surface area contributed by atoms with Crippen LogP contribution in [0.25, 0.3) is 22.4 Å². The van der Waals surface area contributed by atoms with Crippen molar-refractivity contribution in [2.24, 2.45) is 0 Å². The Morgan fingerprint density at radius 3 is 2.44 bits per heavy atom. The van der Waals surface area contributed by atoms with E-state index < -0.39 is 23.7 Å². The molecule has 0 radical (unpaired) electrons. The molecular formula is C22H19ClN6O3. The van der Waals surface area contributed by atoms with Gasteiger partial charge in [0.2, 0.25) is 5.91 Å². The van der Waals surface area contributed by atoms with Gasteiger partial charge >= 0.3 is 5.69 Å². The number of hydrogen-bond donors (Lipinski definition) is 1. The molecule has 0 aliphatic heterocycles. The van der Waals surface area contributed by atoms with E-state index in [0.717, 1.165) is 10.1 Å². The number of pyridine rings is 1. The van der Waals surface area contributed by atoms with Crippen LogP contribution >= 0.6 is 11.6 Å². The van der Waals surface area contributed by atoms with Gasteiger partial charge in [-0.25, -0.2) is 19.7 Å². The van der Waals surface area contributed by atoms with E-state index in [9.17, 15) is 14.4 Å². The van der Waals surface area contributed by atoms with Crippen molar-refractivity contribution in [1.29, 1.82) is 0 Å². The molecule has 1 aromatic carbocycles. The number of amides is 1. The van der Waals surface area contributed by atoms with Crippen LogP contribution in [-0.4, -0.2) is 30.0 Å². The second-order valence-electron chi connectivity index (χ2n) is 7.12. The van der Waals surface area contributed by atoms with E-state index in [2.05, 4.69) is 20.3 Å². The molecule has 162 valence electrons. The quantitative estimate of drug-likeness (QED) is 0.500. The summed E-state index contributed by atoms with van der Waals surface area (Å²) in [7, 11) is 0. The van der Waals surface area contributed by atoms with Gasteiger partial charge in [0.15, 0.2) is 11.5 Å². The van der Waals surface area contributed by atoms with Crippen LogP contribution in [0.2, 0.25) is 5.02 Å². The van der Waals surface area contributed by atoms with Gasteiger partial charge in [-0.1, -0.05) is 17.7 Å². The number of benzene rings is 1. The van der Waals surface area contributed by atoms with Crippen LogP contribution in [0, 0.1) is 6.92 Å². The molecule has 4 rings (SSSR count). The molecule has 0 saturated heterocycles. The number of nitrogens with zero attached hydrogens (tertiary/aromatic N) is 5. The molecule has 0 saturated carbocycles. The molecule has 4 aromatic rings. The Bertz CT molecular complexity index is 1430. The minimum Gasteiger partial charge on any atom is -0.309 e. The van der Waals surface area contributed by atoms with Gasteiger partial charge in [0.25, 0.3) is 5.56 Å². The van der Waals surface area contributed by atoms with Crippen molar-refractivity contribution in [3.05, 3.63) is 80.2 Å². The van der Waals surface area contributed by atoms with Gasteiger partial charge in [0, 0.05) is 29.5 Å². The zero-order valence-corrected chi connectivity index (χ0v) is 18.1. The maximum Gasteiger partial charge on any atom is 0.333 e. The molecule has 3 aromatic heterocycles. The number of hydrogen-bond acceptors (Lipinski definition) is 6. The summed E-state index contributed by atoms with van der Waals surface area (Å²) in [6.45, 7) is 3.44. The first kappa shape index (κ1) is 21.4. The highest BCUT2D eigenvalue weighted by Crippen LogP contribution is 2.19. The number of aromatic nitrogens is 5. The lowest BCUT2D eigenvalue weighted by Gasteiger charge is -2.12. The number of carbonyl (C=O) groups excluding carboxylic acids is 1. The molecule has 0 unspecified atom stereocenters. The van der Waals surface area contributed by atoms with Gasteiger partial charge in [-0.15, -0.1) is 0 Å². The fraction of sp³-hybridized carbons (Fsp3) is 0.182. The molecule has 0 aliphatic rings. The van der Waals surface area contributed by atoms with Gasteiger partial charge in [0.05, 0.1) is 0 Å². The van der Waals surface area contributed by atoms with Crippen molar-refractivity contribution in [1.82, 2.24) is 24.1 Å². The SMILES string of the molecule is CCn1c(=O)n(CC(=O)Nc2ccc(C)cn2)c(=O)c2cnc(-c3ccc(Cl)cc3)nc21. The Hall–Kier alpha value is -3.85. The molecule has 1 N–H and O–H groups in total. The van der Waals surface area contributed by atoms with Crippen molar-refractivity contribution < 1.29 is 4.79 Å². The van der Waals surface area contributed by atoms with Gasteiger partial charge in [-0.05, 0) is 49.7 Å². The third kappa shape index (κ3) is 4.15. The van der Waals surface area contributed by atoms with Crippen molar-refractivity contribution in [3.63, 3.8) is 0 Å². The van der Waals surface area contributed by atoms with E-state index >= 15 is 0 Å². The highest BCUT2D eigenvalue weighted by molar-refractivity contribution is 6.30. The summed E-state index contributed by atoms with van der Waals surface area (Å²) in [6.07, 6.45) is 2.98. The molecule has 0 spiro atoms. The van der Waals surface area contributed by atoms with E-state index in [1.807, 2.05) is 6.92 Å². The summed E-state index contributed by atoms with van der Waals surface area (Å²) >= 11 is 5.93. The van der Waals surface area contributed by atoms with Gasteiger partial charge in [-0.2, -0.15) is 0 Å². The van der Waals surface area contributed by atoms with Crippen LogP contribution < -0.4 is 16.6 Å². The van der Waals surface area contributed by atoms with Crippen molar-refractivity contribution >= 4 is 34.4 Å². The van der Waals surface area contributed by atoms with E-state index in [4.69, 9.17) is 11.6 Å². The molecule has 0 fully saturated rings. The molecule has 0 aliphatic carbocycles. The standard InChI is InChI=1S/C22H19ClN6O3/c1-3-28-20-16(11-25-19(27-20)14-5-7-15(23)8-6-14)21(31)29(22(28)32)12-18(30)26-17-9-4-13(2)10-24-17/h4-11H,3,12H2,1-2H3,(H,24,26,30). The Kier molecular flexibility index (Phi) is 5.83. The summed E-state index contributed by atoms with van der Waals surface area (Å²) in [5, 5.41) is 3.31. The molecule has 1 amide bonds. The van der Waals surface area contributed by atoms with E-state index in [1.54, 1.807) is 49.5 Å². The Labute approximate surface area is 187 Å². The number of rotatable bonds is 5. The van der Waals surface area contributed by atoms with E-state index in [1.165, 1.54) is 10.8 Å². The molecule has 10 heteroatoms. The van der Waals surface area contributed by atoms with Gasteiger partial charge in [0.1, 0.15) is 17.7 Å². The first-order valence-corrected chi connectivity index (χ1v) is 10.2. The number of fused-ring (bicyclic) bond motifs is 1. The summed E-state index contributed by atoms with van der Waals surface area (Å²) in [5.74, 6) is 0.151. The van der Waals surface area contributed by atoms with Gasteiger partial charge in [-0.3, -0.25) is 18.7 Å². The molecule has 0 bridgehead atoms. The van der Waals surface area contributed by atoms with E-state index in [-0.39, 0.29) is 17.6 Å². The highest BCUT2D eigenvalue weighted by atomic mass is 35.5. The number of anilines is 1. The Morgan fingerprint density at radius 2 is 1.78 bits per heavy atom. The largest absolute Gasteiger partial charge is 0.333 e. The summed E-state index contributed by atoms with van der Waals surface area (Å²) < 4.78 is 2.22. The second-order valence-corrected chi connectivity index (χ2v) is 7.56. The molecule has 32 heavy (non-hydrogen) atoms. The summed E-state index contributed by atoms with van der Waals surface area (Å²) in [5.41, 5.74) is 0.583. The number of carbonyl (C=O) groups is 1. The van der Waals surface area contributed by atoms with Crippen molar-refractivity contribution in [2.45, 2.75) is 26.9 Å². The van der Waals surface area contributed by atoms with Crippen molar-refractivity contribution in [3.8, 4) is 11.4 Å². The lowest BCUT2D eigenvalue weighted by molar-refractivity contribution is -0.116. The number of nitrogens with one attached hydrogen (secondary N) is 1. The maximum atomic E-state index is 13.0. The second kappa shape index (κ2) is 8.72. The Balaban J connectivity index is 1.74.